The summed E-state index contributed by atoms with van der Waals surface area (Å²) in [5.74, 6) is -0.210. The van der Waals surface area contributed by atoms with Crippen LogP contribution in [-0.4, -0.2) is 49.6 Å². The highest BCUT2D eigenvalue weighted by Gasteiger charge is 2.32. The van der Waals surface area contributed by atoms with E-state index in [2.05, 4.69) is 10.6 Å². The maximum absolute atomic E-state index is 13.0. The predicted molar refractivity (Wildman–Crippen MR) is 85.8 cm³/mol. The van der Waals surface area contributed by atoms with Crippen LogP contribution in [0.2, 0.25) is 0 Å². The number of benzene rings is 1. The fourth-order valence-corrected chi connectivity index (χ4v) is 3.25. The van der Waals surface area contributed by atoms with Gasteiger partial charge in [-0.25, -0.2) is 9.18 Å². The molecular weight excluding hydrogens is 313 g/mol. The normalized spacial score (nSPS) is 26.7. The lowest BCUT2D eigenvalue weighted by Crippen LogP contribution is -2.46. The van der Waals surface area contributed by atoms with Crippen LogP contribution in [0.25, 0.3) is 0 Å². The number of carbonyl (C=O) groups is 2. The van der Waals surface area contributed by atoms with Crippen LogP contribution < -0.4 is 10.6 Å². The van der Waals surface area contributed by atoms with Gasteiger partial charge in [-0.3, -0.25) is 4.79 Å². The summed E-state index contributed by atoms with van der Waals surface area (Å²) in [6.07, 6.45) is 1.31. The summed E-state index contributed by atoms with van der Waals surface area (Å²) in [6.45, 7) is 1.72. The van der Waals surface area contributed by atoms with E-state index < -0.39 is 6.04 Å². The van der Waals surface area contributed by atoms with Gasteiger partial charge in [-0.05, 0) is 30.5 Å². The molecule has 3 atom stereocenters. The quantitative estimate of drug-likeness (QED) is 0.874. The van der Waals surface area contributed by atoms with Crippen LogP contribution in [0.5, 0.6) is 0 Å². The molecule has 2 heterocycles. The number of amides is 3. The topological polar surface area (TPSA) is 70.7 Å². The van der Waals surface area contributed by atoms with Crippen molar-refractivity contribution in [1.82, 2.24) is 15.5 Å². The summed E-state index contributed by atoms with van der Waals surface area (Å²) in [7, 11) is 1.73. The standard InChI is InChI=1S/C17H22FN3O3/c1-21-8-6-14(16(21)22)20-17(23)19-10-12-7-9-24-15(12)11-2-4-13(18)5-3-11/h2-5,12,14-15H,6-10H2,1H3,(H2,19,20,23)/t12-,14-,15-/m0/s1. The van der Waals surface area contributed by atoms with Gasteiger partial charge in [0.1, 0.15) is 11.9 Å². The summed E-state index contributed by atoms with van der Waals surface area (Å²) in [4.78, 5) is 25.4. The van der Waals surface area contributed by atoms with Crippen molar-refractivity contribution in [3.63, 3.8) is 0 Å². The molecule has 0 aromatic heterocycles. The van der Waals surface area contributed by atoms with Crippen molar-refractivity contribution in [2.75, 3.05) is 26.7 Å². The van der Waals surface area contributed by atoms with Crippen molar-refractivity contribution in [3.05, 3.63) is 35.6 Å². The minimum absolute atomic E-state index is 0.0569. The lowest BCUT2D eigenvalue weighted by atomic mass is 9.95. The Balaban J connectivity index is 1.51. The van der Waals surface area contributed by atoms with E-state index in [9.17, 15) is 14.0 Å². The predicted octanol–water partition coefficient (Wildman–Crippen LogP) is 1.43. The third-order valence-corrected chi connectivity index (χ3v) is 4.67. The van der Waals surface area contributed by atoms with Crippen molar-refractivity contribution < 1.29 is 18.7 Å². The van der Waals surface area contributed by atoms with E-state index in [0.29, 0.717) is 26.1 Å². The van der Waals surface area contributed by atoms with Gasteiger partial charge < -0.3 is 20.3 Å². The fourth-order valence-electron chi connectivity index (χ4n) is 3.25. The average molecular weight is 335 g/mol. The number of carbonyl (C=O) groups excluding carboxylic acids is 2. The molecule has 7 heteroatoms. The fraction of sp³-hybridized carbons (Fsp3) is 0.529. The van der Waals surface area contributed by atoms with E-state index in [1.165, 1.54) is 12.1 Å². The zero-order chi connectivity index (χ0) is 17.1. The van der Waals surface area contributed by atoms with Crippen LogP contribution in [0, 0.1) is 11.7 Å². The zero-order valence-electron chi connectivity index (χ0n) is 13.6. The van der Waals surface area contributed by atoms with E-state index in [-0.39, 0.29) is 29.8 Å². The van der Waals surface area contributed by atoms with Crippen LogP contribution in [0.15, 0.2) is 24.3 Å². The van der Waals surface area contributed by atoms with Crippen LogP contribution in [0.3, 0.4) is 0 Å². The SMILES string of the molecule is CN1CC[C@H](NC(=O)NC[C@@H]2CCO[C@H]2c2ccc(F)cc2)C1=O. The highest BCUT2D eigenvalue weighted by Crippen LogP contribution is 2.34. The number of ether oxygens (including phenoxy) is 1. The number of nitrogens with zero attached hydrogens (tertiary/aromatic N) is 1. The zero-order valence-corrected chi connectivity index (χ0v) is 13.6. The van der Waals surface area contributed by atoms with E-state index in [4.69, 9.17) is 4.74 Å². The van der Waals surface area contributed by atoms with Crippen LogP contribution in [0.4, 0.5) is 9.18 Å². The number of hydrogen-bond donors (Lipinski definition) is 2. The molecule has 0 aliphatic carbocycles. The number of likely N-dealkylation sites (tertiary alicyclic amines) is 1. The summed E-state index contributed by atoms with van der Waals surface area (Å²) in [6, 6.07) is 5.47. The minimum atomic E-state index is -0.442. The van der Waals surface area contributed by atoms with Crippen molar-refractivity contribution in [2.45, 2.75) is 25.0 Å². The molecule has 24 heavy (non-hydrogen) atoms. The molecule has 2 aliphatic heterocycles. The highest BCUT2D eigenvalue weighted by atomic mass is 19.1. The van der Waals surface area contributed by atoms with Gasteiger partial charge >= 0.3 is 6.03 Å². The van der Waals surface area contributed by atoms with E-state index in [0.717, 1.165) is 12.0 Å². The van der Waals surface area contributed by atoms with Crippen LogP contribution in [-0.2, 0) is 9.53 Å². The molecule has 0 saturated carbocycles. The third kappa shape index (κ3) is 3.67. The third-order valence-electron chi connectivity index (χ3n) is 4.67. The number of urea groups is 1. The van der Waals surface area contributed by atoms with Gasteiger partial charge in [-0.15, -0.1) is 0 Å². The minimum Gasteiger partial charge on any atom is -0.373 e. The maximum Gasteiger partial charge on any atom is 0.315 e. The first-order chi connectivity index (χ1) is 11.5. The van der Waals surface area contributed by atoms with Crippen LogP contribution in [0.1, 0.15) is 24.5 Å². The molecule has 0 radical (unpaired) electrons. The number of hydrogen-bond acceptors (Lipinski definition) is 3. The first-order valence-corrected chi connectivity index (χ1v) is 8.21. The summed E-state index contributed by atoms with van der Waals surface area (Å²) >= 11 is 0. The molecule has 6 nitrogen and oxygen atoms in total. The molecule has 3 amide bonds. The molecule has 0 unspecified atom stereocenters. The molecular formula is C17H22FN3O3. The van der Waals surface area contributed by atoms with Gasteiger partial charge in [0.15, 0.2) is 0 Å². The molecule has 2 saturated heterocycles. The van der Waals surface area contributed by atoms with Crippen LogP contribution >= 0.6 is 0 Å². The first-order valence-electron chi connectivity index (χ1n) is 8.21. The van der Waals surface area contributed by atoms with Crippen molar-refractivity contribution in [1.29, 1.82) is 0 Å². The number of nitrogens with one attached hydrogen (secondary N) is 2. The van der Waals surface area contributed by atoms with Crippen molar-refractivity contribution in [3.8, 4) is 0 Å². The molecule has 130 valence electrons. The molecule has 0 spiro atoms. The monoisotopic (exact) mass is 335 g/mol. The van der Waals surface area contributed by atoms with E-state index in [1.807, 2.05) is 0 Å². The molecule has 2 N–H and O–H groups in total. The smallest absolute Gasteiger partial charge is 0.315 e. The Morgan fingerprint density at radius 2 is 2.08 bits per heavy atom. The highest BCUT2D eigenvalue weighted by molar-refractivity contribution is 5.88. The van der Waals surface area contributed by atoms with Gasteiger partial charge in [0.2, 0.25) is 5.91 Å². The Morgan fingerprint density at radius 1 is 1.33 bits per heavy atom. The Kier molecular flexibility index (Phi) is 4.99. The van der Waals surface area contributed by atoms with E-state index in [1.54, 1.807) is 24.1 Å². The number of likely N-dealkylation sites (N-methyl/N-ethyl adjacent to an activating group) is 1. The van der Waals surface area contributed by atoms with Crippen molar-refractivity contribution in [2.24, 2.45) is 5.92 Å². The van der Waals surface area contributed by atoms with Gasteiger partial charge in [0.05, 0.1) is 6.10 Å². The summed E-state index contributed by atoms with van der Waals surface area (Å²) < 4.78 is 18.8. The average Bonchev–Trinajstić information content (AvgIpc) is 3.16. The molecule has 1 aromatic rings. The van der Waals surface area contributed by atoms with Gasteiger partial charge in [-0.1, -0.05) is 12.1 Å². The molecule has 2 aliphatic rings. The largest absolute Gasteiger partial charge is 0.373 e. The number of halogens is 1. The Hall–Kier alpha value is -2.15. The molecule has 2 fully saturated rings. The van der Waals surface area contributed by atoms with Crippen molar-refractivity contribution >= 4 is 11.9 Å². The second-order valence-electron chi connectivity index (χ2n) is 6.35. The lowest BCUT2D eigenvalue weighted by molar-refractivity contribution is -0.128. The van der Waals surface area contributed by atoms with Gasteiger partial charge in [0, 0.05) is 32.7 Å². The molecule has 3 rings (SSSR count). The van der Waals surface area contributed by atoms with Gasteiger partial charge in [0.25, 0.3) is 0 Å². The molecule has 1 aromatic carbocycles. The van der Waals surface area contributed by atoms with E-state index >= 15 is 0 Å². The molecule has 0 bridgehead atoms. The summed E-state index contributed by atoms with van der Waals surface area (Å²) in [5, 5.41) is 5.54. The Labute approximate surface area is 140 Å². The second-order valence-corrected chi connectivity index (χ2v) is 6.35. The first kappa shape index (κ1) is 16.7. The maximum atomic E-state index is 13.0. The number of rotatable bonds is 4. The summed E-state index contributed by atoms with van der Waals surface area (Å²) in [5.41, 5.74) is 0.911. The Morgan fingerprint density at radius 3 is 2.75 bits per heavy atom. The lowest BCUT2D eigenvalue weighted by Gasteiger charge is -2.20. The second kappa shape index (κ2) is 7.17. The Bertz CT molecular complexity index is 608. The van der Waals surface area contributed by atoms with Gasteiger partial charge in [-0.2, -0.15) is 0 Å².